The minimum absolute atomic E-state index is 0.0840. The van der Waals surface area contributed by atoms with Crippen molar-refractivity contribution < 1.29 is 9.84 Å². The number of hydrogen-bond acceptors (Lipinski definition) is 7. The standard InChI is InChI=1S/C17H23N7O2/c1-11-6-23(7-12-5-21-22-14(11)12)16-15-17(19-9-18-16)24(10-20-15)8-13(26-2)3-4-25/h5,9-11,13,25H,3-4,6-8H2,1-2H3,(H,21,22). The lowest BCUT2D eigenvalue weighted by Crippen LogP contribution is -2.33. The molecule has 0 spiro atoms. The van der Waals surface area contributed by atoms with Gasteiger partial charge >= 0.3 is 0 Å². The molecule has 3 aromatic rings. The van der Waals surface area contributed by atoms with Gasteiger partial charge in [0.05, 0.1) is 25.2 Å². The van der Waals surface area contributed by atoms with Crippen LogP contribution in [0, 0.1) is 0 Å². The second kappa shape index (κ2) is 7.00. The van der Waals surface area contributed by atoms with Crippen molar-refractivity contribution in [2.24, 2.45) is 0 Å². The zero-order valence-electron chi connectivity index (χ0n) is 15.0. The fourth-order valence-electron chi connectivity index (χ4n) is 3.61. The fraction of sp³-hybridized carbons (Fsp3) is 0.529. The second-order valence-electron chi connectivity index (χ2n) is 6.73. The number of aliphatic hydroxyl groups excluding tert-OH is 1. The van der Waals surface area contributed by atoms with Crippen molar-refractivity contribution in [1.29, 1.82) is 0 Å². The van der Waals surface area contributed by atoms with Crippen LogP contribution in [0.4, 0.5) is 5.82 Å². The van der Waals surface area contributed by atoms with Crippen LogP contribution in [0.3, 0.4) is 0 Å². The first kappa shape index (κ1) is 16.9. The van der Waals surface area contributed by atoms with Crippen LogP contribution in [0.15, 0.2) is 18.9 Å². The third-order valence-electron chi connectivity index (χ3n) is 4.97. The number of H-pyrrole nitrogens is 1. The van der Waals surface area contributed by atoms with Crippen LogP contribution in [0.1, 0.15) is 30.5 Å². The van der Waals surface area contributed by atoms with Gasteiger partial charge in [0.2, 0.25) is 0 Å². The normalized spacial score (nSPS) is 18.3. The Morgan fingerprint density at radius 3 is 3.08 bits per heavy atom. The molecule has 1 aliphatic rings. The van der Waals surface area contributed by atoms with Gasteiger partial charge in [0.25, 0.3) is 0 Å². The first-order valence-corrected chi connectivity index (χ1v) is 8.77. The molecule has 9 heteroatoms. The van der Waals surface area contributed by atoms with E-state index in [2.05, 4.69) is 37.0 Å². The van der Waals surface area contributed by atoms with E-state index in [1.165, 1.54) is 11.3 Å². The lowest BCUT2D eigenvalue weighted by Gasteiger charge is -2.31. The molecule has 2 unspecified atom stereocenters. The van der Waals surface area contributed by atoms with Crippen LogP contribution in [0.2, 0.25) is 0 Å². The van der Waals surface area contributed by atoms with Gasteiger partial charge in [-0.25, -0.2) is 15.0 Å². The number of nitrogens with zero attached hydrogens (tertiary/aromatic N) is 6. The van der Waals surface area contributed by atoms with Crippen LogP contribution in [-0.4, -0.2) is 61.2 Å². The van der Waals surface area contributed by atoms with E-state index < -0.39 is 0 Å². The van der Waals surface area contributed by atoms with Gasteiger partial charge in [-0.05, 0) is 6.42 Å². The number of aliphatic hydroxyl groups is 1. The lowest BCUT2D eigenvalue weighted by atomic mass is 9.98. The number of ether oxygens (including phenoxy) is 1. The van der Waals surface area contributed by atoms with Gasteiger partial charge in [-0.3, -0.25) is 5.10 Å². The summed E-state index contributed by atoms with van der Waals surface area (Å²) < 4.78 is 7.39. The van der Waals surface area contributed by atoms with Crippen molar-refractivity contribution >= 4 is 17.0 Å². The Hall–Kier alpha value is -2.52. The zero-order chi connectivity index (χ0) is 18.1. The first-order valence-electron chi connectivity index (χ1n) is 8.77. The molecular weight excluding hydrogens is 334 g/mol. The van der Waals surface area contributed by atoms with Gasteiger partial charge in [-0.15, -0.1) is 0 Å². The Bertz CT molecular complexity index is 890. The number of hydrogen-bond donors (Lipinski definition) is 2. The second-order valence-corrected chi connectivity index (χ2v) is 6.73. The molecule has 1 aliphatic heterocycles. The zero-order valence-corrected chi connectivity index (χ0v) is 15.0. The van der Waals surface area contributed by atoms with E-state index in [0.29, 0.717) is 18.9 Å². The summed E-state index contributed by atoms with van der Waals surface area (Å²) in [6.07, 6.45) is 5.72. The van der Waals surface area contributed by atoms with Crippen LogP contribution in [-0.2, 0) is 17.8 Å². The topological polar surface area (TPSA) is 105 Å². The minimum atomic E-state index is -0.0840. The molecule has 2 atom stereocenters. The Morgan fingerprint density at radius 1 is 1.38 bits per heavy atom. The molecule has 0 amide bonds. The molecule has 3 aromatic heterocycles. The Morgan fingerprint density at radius 2 is 2.27 bits per heavy atom. The van der Waals surface area contributed by atoms with Crippen LogP contribution in [0.25, 0.3) is 11.2 Å². The summed E-state index contributed by atoms with van der Waals surface area (Å²) in [6.45, 7) is 4.45. The predicted molar refractivity (Wildman–Crippen MR) is 95.9 cm³/mol. The van der Waals surface area contributed by atoms with Crippen molar-refractivity contribution in [1.82, 2.24) is 29.7 Å². The largest absolute Gasteiger partial charge is 0.396 e. The highest BCUT2D eigenvalue weighted by molar-refractivity contribution is 5.83. The maximum atomic E-state index is 9.17. The molecule has 4 rings (SSSR count). The number of aromatic nitrogens is 6. The molecule has 4 heterocycles. The average Bonchev–Trinajstić information content (AvgIpc) is 3.28. The molecule has 0 aromatic carbocycles. The quantitative estimate of drug-likeness (QED) is 0.680. The number of rotatable bonds is 6. The Kier molecular flexibility index (Phi) is 4.56. The fourth-order valence-corrected chi connectivity index (χ4v) is 3.61. The molecule has 9 nitrogen and oxygen atoms in total. The third kappa shape index (κ3) is 2.93. The molecule has 0 aliphatic carbocycles. The summed E-state index contributed by atoms with van der Waals surface area (Å²) >= 11 is 0. The highest BCUT2D eigenvalue weighted by atomic mass is 16.5. The summed E-state index contributed by atoms with van der Waals surface area (Å²) in [4.78, 5) is 15.7. The highest BCUT2D eigenvalue weighted by Crippen LogP contribution is 2.31. The maximum Gasteiger partial charge on any atom is 0.165 e. The van der Waals surface area contributed by atoms with Gasteiger partial charge in [-0.2, -0.15) is 5.10 Å². The molecule has 2 N–H and O–H groups in total. The van der Waals surface area contributed by atoms with E-state index in [0.717, 1.165) is 30.1 Å². The summed E-state index contributed by atoms with van der Waals surface area (Å²) in [6, 6.07) is 0. The van der Waals surface area contributed by atoms with E-state index in [1.807, 2.05) is 10.8 Å². The summed E-state index contributed by atoms with van der Waals surface area (Å²) in [7, 11) is 1.65. The van der Waals surface area contributed by atoms with Crippen molar-refractivity contribution in [2.75, 3.05) is 25.2 Å². The smallest absolute Gasteiger partial charge is 0.165 e. The number of methoxy groups -OCH3 is 1. The summed E-state index contributed by atoms with van der Waals surface area (Å²) in [5.74, 6) is 1.18. The SMILES string of the molecule is COC(CCO)Cn1cnc2c(N3Cc4cn[nH]c4C(C)C3)ncnc21. The van der Waals surface area contributed by atoms with E-state index in [4.69, 9.17) is 9.84 Å². The van der Waals surface area contributed by atoms with E-state index in [9.17, 15) is 0 Å². The van der Waals surface area contributed by atoms with E-state index in [1.54, 1.807) is 19.8 Å². The molecule has 0 fully saturated rings. The molecule has 0 bridgehead atoms. The number of anilines is 1. The number of aromatic amines is 1. The Labute approximate surface area is 151 Å². The molecule has 0 saturated heterocycles. The van der Waals surface area contributed by atoms with Gasteiger partial charge in [0.1, 0.15) is 6.33 Å². The molecule has 138 valence electrons. The number of fused-ring (bicyclic) bond motifs is 2. The molecule has 26 heavy (non-hydrogen) atoms. The monoisotopic (exact) mass is 357 g/mol. The van der Waals surface area contributed by atoms with E-state index >= 15 is 0 Å². The van der Waals surface area contributed by atoms with Gasteiger partial charge in [0.15, 0.2) is 17.0 Å². The number of imidazole rings is 1. The molecule has 0 saturated carbocycles. The van der Waals surface area contributed by atoms with Crippen LogP contribution in [0.5, 0.6) is 0 Å². The van der Waals surface area contributed by atoms with Crippen LogP contribution >= 0.6 is 0 Å². The Balaban J connectivity index is 1.65. The molecular formula is C17H23N7O2. The average molecular weight is 357 g/mol. The summed E-state index contributed by atoms with van der Waals surface area (Å²) in [5.41, 5.74) is 3.95. The van der Waals surface area contributed by atoms with Crippen LogP contribution < -0.4 is 4.90 Å². The predicted octanol–water partition coefficient (Wildman–Crippen LogP) is 1.07. The van der Waals surface area contributed by atoms with Crippen molar-refractivity contribution in [3.63, 3.8) is 0 Å². The third-order valence-corrected chi connectivity index (χ3v) is 4.97. The van der Waals surface area contributed by atoms with E-state index in [-0.39, 0.29) is 12.7 Å². The minimum Gasteiger partial charge on any atom is -0.396 e. The lowest BCUT2D eigenvalue weighted by molar-refractivity contribution is 0.0652. The maximum absolute atomic E-state index is 9.17. The first-order chi connectivity index (χ1) is 12.7. The van der Waals surface area contributed by atoms with Gasteiger partial charge in [-0.1, -0.05) is 6.92 Å². The summed E-state index contributed by atoms with van der Waals surface area (Å²) in [5, 5.41) is 16.4. The van der Waals surface area contributed by atoms with Gasteiger partial charge < -0.3 is 19.3 Å². The van der Waals surface area contributed by atoms with Crippen molar-refractivity contribution in [2.45, 2.75) is 38.5 Å². The number of nitrogens with one attached hydrogen (secondary N) is 1. The molecule has 0 radical (unpaired) electrons. The van der Waals surface area contributed by atoms with Crippen molar-refractivity contribution in [3.05, 3.63) is 30.1 Å². The highest BCUT2D eigenvalue weighted by Gasteiger charge is 2.27. The van der Waals surface area contributed by atoms with Crippen molar-refractivity contribution in [3.8, 4) is 0 Å². The van der Waals surface area contributed by atoms with Gasteiger partial charge in [0, 0.05) is 44.0 Å².